The van der Waals surface area contributed by atoms with Gasteiger partial charge in [0.1, 0.15) is 6.54 Å². The highest BCUT2D eigenvalue weighted by Crippen LogP contribution is 2.31. The first-order valence-electron chi connectivity index (χ1n) is 6.46. The van der Waals surface area contributed by atoms with Crippen LogP contribution in [0.4, 0.5) is 0 Å². The van der Waals surface area contributed by atoms with Crippen LogP contribution in [0.5, 0.6) is 0 Å². The first kappa shape index (κ1) is 14.0. The van der Waals surface area contributed by atoms with Crippen LogP contribution in [0, 0.1) is 11.8 Å². The maximum atomic E-state index is 11.8. The Morgan fingerprint density at radius 3 is 2.41 bits per heavy atom. The van der Waals surface area contributed by atoms with Crippen molar-refractivity contribution < 1.29 is 14.7 Å². The maximum absolute atomic E-state index is 11.8. The standard InChI is InChI=1S/C13H23NO3/c1-10(11-6-4-3-5-7-11)8-12(15)14(2)9-13(16)17/h10-11H,3-9H2,1-2H3,(H,16,17). The fraction of sp³-hybridized carbons (Fsp3) is 0.846. The summed E-state index contributed by atoms with van der Waals surface area (Å²) in [6, 6.07) is 0. The molecular formula is C13H23NO3. The van der Waals surface area contributed by atoms with E-state index in [1.807, 2.05) is 0 Å². The molecule has 1 N–H and O–H groups in total. The van der Waals surface area contributed by atoms with Gasteiger partial charge in [-0.05, 0) is 11.8 Å². The number of carbonyl (C=O) groups is 2. The Morgan fingerprint density at radius 2 is 1.88 bits per heavy atom. The van der Waals surface area contributed by atoms with E-state index in [0.29, 0.717) is 18.3 Å². The Hall–Kier alpha value is -1.06. The number of hydrogen-bond donors (Lipinski definition) is 1. The number of nitrogens with zero attached hydrogens (tertiary/aromatic N) is 1. The topological polar surface area (TPSA) is 57.6 Å². The molecule has 0 saturated heterocycles. The minimum absolute atomic E-state index is 0.0505. The van der Waals surface area contributed by atoms with Gasteiger partial charge in [-0.25, -0.2) is 0 Å². The summed E-state index contributed by atoms with van der Waals surface area (Å²) in [7, 11) is 1.56. The lowest BCUT2D eigenvalue weighted by atomic mass is 9.79. The van der Waals surface area contributed by atoms with Gasteiger partial charge in [-0.3, -0.25) is 9.59 Å². The van der Waals surface area contributed by atoms with Crippen LogP contribution in [-0.4, -0.2) is 35.5 Å². The molecule has 1 atom stereocenters. The molecule has 1 amide bonds. The molecule has 98 valence electrons. The average molecular weight is 241 g/mol. The summed E-state index contributed by atoms with van der Waals surface area (Å²) in [6.07, 6.45) is 6.78. The van der Waals surface area contributed by atoms with Crippen LogP contribution in [-0.2, 0) is 9.59 Å². The van der Waals surface area contributed by atoms with Gasteiger partial charge < -0.3 is 10.0 Å². The summed E-state index contributed by atoms with van der Waals surface area (Å²) in [6.45, 7) is 1.92. The number of rotatable bonds is 5. The Labute approximate surface area is 103 Å². The molecule has 0 aliphatic heterocycles. The molecule has 1 fully saturated rings. The van der Waals surface area contributed by atoms with E-state index < -0.39 is 5.97 Å². The molecule has 1 rings (SSSR count). The summed E-state index contributed by atoms with van der Waals surface area (Å²) in [4.78, 5) is 23.6. The third kappa shape index (κ3) is 4.75. The first-order valence-corrected chi connectivity index (χ1v) is 6.46. The van der Waals surface area contributed by atoms with E-state index in [1.54, 1.807) is 7.05 Å². The predicted octanol–water partition coefficient (Wildman–Crippen LogP) is 2.14. The van der Waals surface area contributed by atoms with Crippen LogP contribution >= 0.6 is 0 Å². The number of aliphatic carboxylic acids is 1. The third-order valence-electron chi connectivity index (χ3n) is 3.75. The molecule has 0 aromatic carbocycles. The number of likely N-dealkylation sites (N-methyl/N-ethyl adjacent to an activating group) is 1. The molecule has 1 saturated carbocycles. The summed E-state index contributed by atoms with van der Waals surface area (Å²) in [5, 5.41) is 8.62. The van der Waals surface area contributed by atoms with Crippen molar-refractivity contribution >= 4 is 11.9 Å². The van der Waals surface area contributed by atoms with Crippen LogP contribution in [0.15, 0.2) is 0 Å². The summed E-state index contributed by atoms with van der Waals surface area (Å²) in [5.41, 5.74) is 0. The van der Waals surface area contributed by atoms with Gasteiger partial charge in [-0.15, -0.1) is 0 Å². The van der Waals surface area contributed by atoms with E-state index in [4.69, 9.17) is 5.11 Å². The van der Waals surface area contributed by atoms with E-state index in [0.717, 1.165) is 0 Å². The van der Waals surface area contributed by atoms with Gasteiger partial charge in [0.05, 0.1) is 0 Å². The van der Waals surface area contributed by atoms with Crippen molar-refractivity contribution in [1.29, 1.82) is 0 Å². The van der Waals surface area contributed by atoms with Gasteiger partial charge in [-0.1, -0.05) is 39.0 Å². The number of carbonyl (C=O) groups excluding carboxylic acids is 1. The molecule has 1 aliphatic rings. The summed E-state index contributed by atoms with van der Waals surface area (Å²) in [5.74, 6) is 0.0154. The number of amides is 1. The predicted molar refractivity (Wildman–Crippen MR) is 65.6 cm³/mol. The van der Waals surface area contributed by atoms with Crippen molar-refractivity contribution in [2.24, 2.45) is 11.8 Å². The van der Waals surface area contributed by atoms with Crippen molar-refractivity contribution in [1.82, 2.24) is 4.90 Å². The molecule has 4 nitrogen and oxygen atoms in total. The fourth-order valence-electron chi connectivity index (χ4n) is 2.59. The second kappa shape index (κ2) is 6.62. The molecule has 0 radical (unpaired) electrons. The largest absolute Gasteiger partial charge is 0.480 e. The molecule has 1 unspecified atom stereocenters. The Kier molecular flexibility index (Phi) is 5.45. The van der Waals surface area contributed by atoms with Gasteiger partial charge >= 0.3 is 5.97 Å². The van der Waals surface area contributed by atoms with Gasteiger partial charge in [-0.2, -0.15) is 0 Å². The van der Waals surface area contributed by atoms with Gasteiger partial charge in [0.2, 0.25) is 5.91 Å². The van der Waals surface area contributed by atoms with Crippen LogP contribution in [0.2, 0.25) is 0 Å². The smallest absolute Gasteiger partial charge is 0.323 e. The molecule has 0 aromatic heterocycles. The van der Waals surface area contributed by atoms with Crippen molar-refractivity contribution in [2.75, 3.05) is 13.6 Å². The molecule has 4 heteroatoms. The second-order valence-corrected chi connectivity index (χ2v) is 5.22. The Morgan fingerprint density at radius 1 is 1.29 bits per heavy atom. The molecular weight excluding hydrogens is 218 g/mol. The summed E-state index contributed by atoms with van der Waals surface area (Å²) >= 11 is 0. The third-order valence-corrected chi connectivity index (χ3v) is 3.75. The minimum atomic E-state index is -0.953. The maximum Gasteiger partial charge on any atom is 0.323 e. The SMILES string of the molecule is CC(CC(=O)N(C)CC(=O)O)C1CCCCC1. The highest BCUT2D eigenvalue weighted by molar-refractivity contribution is 5.81. The lowest BCUT2D eigenvalue weighted by Crippen LogP contribution is -2.34. The van der Waals surface area contributed by atoms with Crippen LogP contribution in [0.3, 0.4) is 0 Å². The van der Waals surface area contributed by atoms with Gasteiger partial charge in [0, 0.05) is 13.5 Å². The monoisotopic (exact) mass is 241 g/mol. The van der Waals surface area contributed by atoms with E-state index in [9.17, 15) is 9.59 Å². The zero-order valence-electron chi connectivity index (χ0n) is 10.8. The van der Waals surface area contributed by atoms with Crippen molar-refractivity contribution in [3.8, 4) is 0 Å². The highest BCUT2D eigenvalue weighted by Gasteiger charge is 2.23. The molecule has 0 spiro atoms. The van der Waals surface area contributed by atoms with Crippen molar-refractivity contribution in [3.63, 3.8) is 0 Å². The fourth-order valence-corrected chi connectivity index (χ4v) is 2.59. The zero-order chi connectivity index (χ0) is 12.8. The summed E-state index contributed by atoms with van der Waals surface area (Å²) < 4.78 is 0. The second-order valence-electron chi connectivity index (χ2n) is 5.22. The molecule has 0 heterocycles. The van der Waals surface area contributed by atoms with E-state index >= 15 is 0 Å². The lowest BCUT2D eigenvalue weighted by Gasteiger charge is -2.28. The normalized spacial score (nSPS) is 18.7. The van der Waals surface area contributed by atoms with Gasteiger partial charge in [0.15, 0.2) is 0 Å². The van der Waals surface area contributed by atoms with E-state index in [1.165, 1.54) is 37.0 Å². The first-order chi connectivity index (χ1) is 8.00. The van der Waals surface area contributed by atoms with Crippen molar-refractivity contribution in [2.45, 2.75) is 45.4 Å². The van der Waals surface area contributed by atoms with Crippen LogP contribution in [0.25, 0.3) is 0 Å². The van der Waals surface area contributed by atoms with Crippen molar-refractivity contribution in [3.05, 3.63) is 0 Å². The number of carboxylic acid groups (broad SMARTS) is 1. The molecule has 0 aromatic rings. The lowest BCUT2D eigenvalue weighted by molar-refractivity contribution is -0.143. The Bertz CT molecular complexity index is 272. The molecule has 17 heavy (non-hydrogen) atoms. The number of hydrogen-bond acceptors (Lipinski definition) is 2. The van der Waals surface area contributed by atoms with E-state index in [-0.39, 0.29) is 12.5 Å². The highest BCUT2D eigenvalue weighted by atomic mass is 16.4. The molecule has 0 bridgehead atoms. The van der Waals surface area contributed by atoms with E-state index in [2.05, 4.69) is 6.92 Å². The van der Waals surface area contributed by atoms with Crippen LogP contribution in [0.1, 0.15) is 45.4 Å². The Balaban J connectivity index is 2.36. The number of carboxylic acids is 1. The zero-order valence-corrected chi connectivity index (χ0v) is 10.8. The minimum Gasteiger partial charge on any atom is -0.480 e. The van der Waals surface area contributed by atoms with Gasteiger partial charge in [0.25, 0.3) is 0 Å². The van der Waals surface area contributed by atoms with Crippen LogP contribution < -0.4 is 0 Å². The molecule has 1 aliphatic carbocycles. The quantitative estimate of drug-likeness (QED) is 0.802. The average Bonchev–Trinajstić information content (AvgIpc) is 2.29.